The van der Waals surface area contributed by atoms with E-state index in [-0.39, 0.29) is 36.0 Å². The second kappa shape index (κ2) is 20.6. The van der Waals surface area contributed by atoms with E-state index in [0.717, 1.165) is 114 Å². The molecule has 5 heterocycles. The lowest BCUT2D eigenvalue weighted by Gasteiger charge is -2.31. The molecule has 2 amide bonds. The smallest absolute Gasteiger partial charge is 0.245 e. The summed E-state index contributed by atoms with van der Waals surface area (Å²) in [6.07, 6.45) is 12.7. The van der Waals surface area contributed by atoms with Crippen LogP contribution in [0.2, 0.25) is 0 Å². The molecule has 2 fully saturated rings. The summed E-state index contributed by atoms with van der Waals surface area (Å²) in [5.74, 6) is 2.51. The first-order chi connectivity index (χ1) is 32.2. The van der Waals surface area contributed by atoms with E-state index in [1.165, 1.54) is 0 Å². The van der Waals surface area contributed by atoms with Gasteiger partial charge in [0.15, 0.2) is 0 Å². The van der Waals surface area contributed by atoms with Crippen molar-refractivity contribution in [3.63, 3.8) is 0 Å². The topological polar surface area (TPSA) is 123 Å². The maximum atomic E-state index is 14.5. The van der Waals surface area contributed by atoms with Crippen molar-refractivity contribution in [2.24, 2.45) is 0 Å². The van der Waals surface area contributed by atoms with Gasteiger partial charge < -0.3 is 29.2 Å². The Hall–Kier alpha value is -6.08. The molecular formula is C54H64N8O4. The number of likely N-dealkylation sites (N-methyl/N-ethyl adjacent to an activating group) is 2. The molecule has 2 aromatic heterocycles. The largest absolute Gasteiger partial charge is 0.493 e. The predicted molar refractivity (Wildman–Crippen MR) is 258 cm³/mol. The number of benzene rings is 4. The molecule has 12 nitrogen and oxygen atoms in total. The molecule has 4 aromatic carbocycles. The number of aromatic amines is 2. The summed E-state index contributed by atoms with van der Waals surface area (Å²) in [7, 11) is 7.85. The van der Waals surface area contributed by atoms with Gasteiger partial charge in [-0.05, 0) is 93.8 Å². The van der Waals surface area contributed by atoms with E-state index in [0.29, 0.717) is 32.7 Å². The summed E-state index contributed by atoms with van der Waals surface area (Å²) in [4.78, 5) is 53.6. The molecule has 3 aliphatic heterocycles. The van der Waals surface area contributed by atoms with Crippen molar-refractivity contribution in [1.82, 2.24) is 39.5 Å². The van der Waals surface area contributed by atoms with Crippen LogP contribution in [0.3, 0.4) is 0 Å². The zero-order valence-electron chi connectivity index (χ0n) is 38.9. The van der Waals surface area contributed by atoms with E-state index in [2.05, 4.69) is 52.4 Å². The summed E-state index contributed by atoms with van der Waals surface area (Å²) >= 11 is 0. The van der Waals surface area contributed by atoms with Crippen molar-refractivity contribution in [3.05, 3.63) is 138 Å². The van der Waals surface area contributed by atoms with Crippen LogP contribution >= 0.6 is 0 Å². The average Bonchev–Trinajstić information content (AvgIpc) is 4.17. The maximum absolute atomic E-state index is 14.5. The second-order valence-electron chi connectivity index (χ2n) is 18.6. The van der Waals surface area contributed by atoms with Gasteiger partial charge in [-0.25, -0.2) is 9.97 Å². The third-order valence-electron chi connectivity index (χ3n) is 13.6. The van der Waals surface area contributed by atoms with Crippen LogP contribution in [0.4, 0.5) is 0 Å². The van der Waals surface area contributed by atoms with Gasteiger partial charge in [-0.1, -0.05) is 117 Å². The zero-order valence-corrected chi connectivity index (χ0v) is 38.9. The van der Waals surface area contributed by atoms with Crippen LogP contribution in [-0.2, 0) is 14.3 Å². The van der Waals surface area contributed by atoms with Crippen LogP contribution in [0.5, 0.6) is 5.75 Å². The number of carbonyl (C=O) groups excluding carboxylic acids is 2. The number of ether oxygens (including phenoxy) is 2. The molecule has 4 bridgehead atoms. The first kappa shape index (κ1) is 45.1. The van der Waals surface area contributed by atoms with Crippen molar-refractivity contribution in [2.45, 2.75) is 88.1 Å². The monoisotopic (exact) mass is 889 g/mol. The SMILES string of the molecule is CN(C)[C@@H](C(=O)N1CCC[C@H]1c1ncc(-c2ccc(-c3ccc4c(c3)OCCCCCCCCO[C@H]3C[C@@H](c5ncc-4[nH]5)N(C(=O)[C@@H](c4ccccc4)N(C)C)C3)cc2)[nH]1)c1ccccc1. The molecule has 0 aliphatic carbocycles. The molecule has 3 aliphatic rings. The van der Waals surface area contributed by atoms with Crippen LogP contribution in [0.15, 0.2) is 116 Å². The number of hydrogen-bond donors (Lipinski definition) is 2. The number of carbonyl (C=O) groups is 2. The molecule has 344 valence electrons. The van der Waals surface area contributed by atoms with Gasteiger partial charge in [0.1, 0.15) is 29.5 Å². The number of fused-ring (bicyclic) bond motifs is 7. The molecule has 2 N–H and O–H groups in total. The summed E-state index contributed by atoms with van der Waals surface area (Å²) < 4.78 is 13.1. The Kier molecular flexibility index (Phi) is 14.1. The quantitative estimate of drug-likeness (QED) is 0.147. The van der Waals surface area contributed by atoms with E-state index in [1.807, 2.05) is 121 Å². The average molecular weight is 889 g/mol. The summed E-state index contributed by atoms with van der Waals surface area (Å²) in [6, 6.07) is 33.8. The van der Waals surface area contributed by atoms with E-state index >= 15 is 0 Å². The predicted octanol–water partition coefficient (Wildman–Crippen LogP) is 9.79. The fourth-order valence-electron chi connectivity index (χ4n) is 10.2. The number of imidazole rings is 2. The highest BCUT2D eigenvalue weighted by Gasteiger charge is 2.42. The molecule has 0 radical (unpaired) electrons. The van der Waals surface area contributed by atoms with Crippen LogP contribution in [0.25, 0.3) is 33.6 Å². The molecule has 12 heteroatoms. The lowest BCUT2D eigenvalue weighted by atomic mass is 10.00. The Bertz CT molecular complexity index is 2540. The standard InChI is InChI=1S/C54H64N8O4/c1-59(2)49(39-18-11-9-12-19-39)53(63)61-29-17-22-46(61)51-55-34-44(57-51)38-25-23-37(24-26-38)41-27-28-43-45-35-56-52(58-45)47-33-42(65-30-15-7-5-6-8-16-31-66-48(43)32-41)36-62(47)54(64)50(60(3)4)40-20-13-10-14-21-40/h9-14,18-21,23-28,32,34-35,42,46-47,49-50H,5-8,15-17,22,29-31,33,36H2,1-4H3,(H,55,57)(H,56,58)/t42-,46-,47-,49+,50+/m0/s1. The van der Waals surface area contributed by atoms with Gasteiger partial charge in [-0.2, -0.15) is 0 Å². The fourth-order valence-corrected chi connectivity index (χ4v) is 10.2. The van der Waals surface area contributed by atoms with Crippen LogP contribution in [0.1, 0.15) is 105 Å². The van der Waals surface area contributed by atoms with Crippen molar-refractivity contribution in [1.29, 1.82) is 0 Å². The first-order valence-electron chi connectivity index (χ1n) is 23.9. The van der Waals surface area contributed by atoms with Crippen molar-refractivity contribution < 1.29 is 19.1 Å². The highest BCUT2D eigenvalue weighted by Crippen LogP contribution is 2.40. The number of aromatic nitrogens is 4. The van der Waals surface area contributed by atoms with Gasteiger partial charge in [0.2, 0.25) is 11.8 Å². The normalized spacial score (nSPS) is 20.4. The molecule has 0 saturated carbocycles. The molecule has 9 rings (SSSR count). The number of hydrogen-bond acceptors (Lipinski definition) is 8. The fraction of sp³-hybridized carbons (Fsp3) is 0.407. The van der Waals surface area contributed by atoms with Gasteiger partial charge in [-0.3, -0.25) is 19.4 Å². The second-order valence-corrected chi connectivity index (χ2v) is 18.6. The molecule has 2 saturated heterocycles. The minimum Gasteiger partial charge on any atom is -0.493 e. The third-order valence-corrected chi connectivity index (χ3v) is 13.6. The van der Waals surface area contributed by atoms with Gasteiger partial charge in [0, 0.05) is 31.7 Å². The summed E-state index contributed by atoms with van der Waals surface area (Å²) in [5.41, 5.74) is 7.79. The number of H-pyrrole nitrogens is 2. The lowest BCUT2D eigenvalue weighted by molar-refractivity contribution is -0.138. The van der Waals surface area contributed by atoms with Crippen LogP contribution in [-0.4, -0.2) is 112 Å². The van der Waals surface area contributed by atoms with E-state index in [4.69, 9.17) is 19.4 Å². The van der Waals surface area contributed by atoms with Gasteiger partial charge in [0.05, 0.1) is 48.6 Å². The van der Waals surface area contributed by atoms with Gasteiger partial charge >= 0.3 is 0 Å². The Morgan fingerprint density at radius 1 is 0.621 bits per heavy atom. The molecule has 6 aromatic rings. The van der Waals surface area contributed by atoms with Crippen molar-refractivity contribution >= 4 is 11.8 Å². The number of nitrogens with one attached hydrogen (secondary N) is 2. The Morgan fingerprint density at radius 3 is 1.85 bits per heavy atom. The van der Waals surface area contributed by atoms with Gasteiger partial charge in [0.25, 0.3) is 0 Å². The minimum atomic E-state index is -0.427. The van der Waals surface area contributed by atoms with E-state index in [1.54, 1.807) is 0 Å². The summed E-state index contributed by atoms with van der Waals surface area (Å²) in [6.45, 7) is 2.54. The molecule has 5 atom stereocenters. The Balaban J connectivity index is 0.952. The Labute approximate surface area is 389 Å². The van der Waals surface area contributed by atoms with Crippen LogP contribution in [0, 0.1) is 0 Å². The highest BCUT2D eigenvalue weighted by molar-refractivity contribution is 5.85. The molecule has 0 spiro atoms. The Morgan fingerprint density at radius 2 is 1.18 bits per heavy atom. The van der Waals surface area contributed by atoms with Crippen molar-refractivity contribution in [2.75, 3.05) is 54.5 Å². The minimum absolute atomic E-state index is 0.0447. The van der Waals surface area contributed by atoms with Gasteiger partial charge in [-0.15, -0.1) is 0 Å². The number of likely N-dealkylation sites (tertiary alicyclic amines) is 2. The highest BCUT2D eigenvalue weighted by atomic mass is 16.5. The first-order valence-corrected chi connectivity index (χ1v) is 23.9. The number of amides is 2. The lowest BCUT2D eigenvalue weighted by Crippen LogP contribution is -2.41. The molecular weight excluding hydrogens is 825 g/mol. The zero-order chi connectivity index (χ0) is 45.6. The maximum Gasteiger partial charge on any atom is 0.245 e. The number of nitrogens with zero attached hydrogens (tertiary/aromatic N) is 6. The summed E-state index contributed by atoms with van der Waals surface area (Å²) in [5, 5.41) is 0. The molecule has 66 heavy (non-hydrogen) atoms. The van der Waals surface area contributed by atoms with Crippen LogP contribution < -0.4 is 4.74 Å². The third kappa shape index (κ3) is 9.87. The molecule has 0 unspecified atom stereocenters. The van der Waals surface area contributed by atoms with Crippen molar-refractivity contribution in [3.8, 4) is 39.4 Å². The van der Waals surface area contributed by atoms with E-state index in [9.17, 15) is 9.59 Å². The van der Waals surface area contributed by atoms with E-state index < -0.39 is 6.04 Å². The number of rotatable bonds is 9.